The van der Waals surface area contributed by atoms with Crippen molar-refractivity contribution in [3.05, 3.63) is 40.0 Å². The van der Waals surface area contributed by atoms with Crippen molar-refractivity contribution in [3.63, 3.8) is 0 Å². The van der Waals surface area contributed by atoms with Crippen LogP contribution in [0.25, 0.3) is 0 Å². The van der Waals surface area contributed by atoms with Gasteiger partial charge in [-0.15, -0.1) is 0 Å². The second-order valence-electron chi connectivity index (χ2n) is 4.69. The lowest BCUT2D eigenvalue weighted by atomic mass is 10.3. The molecule has 0 saturated carbocycles. The van der Waals surface area contributed by atoms with Crippen molar-refractivity contribution in [2.75, 3.05) is 5.43 Å². The number of anilines is 1. The molecule has 0 amide bonds. The normalized spacial score (nSPS) is 16.9. The molecule has 0 unspecified atom stereocenters. The smallest absolute Gasteiger partial charge is 0.271 e. The minimum absolute atomic E-state index is 0.109. The van der Waals surface area contributed by atoms with Crippen molar-refractivity contribution in [3.8, 4) is 0 Å². The van der Waals surface area contributed by atoms with Crippen molar-refractivity contribution >= 4 is 27.1 Å². The minimum atomic E-state index is -3.99. The van der Waals surface area contributed by atoms with Crippen LogP contribution in [-0.4, -0.2) is 19.1 Å². The van der Waals surface area contributed by atoms with Gasteiger partial charge in [0.2, 0.25) is 10.0 Å². The van der Waals surface area contributed by atoms with Gasteiger partial charge in [0.05, 0.1) is 15.5 Å². The van der Waals surface area contributed by atoms with Gasteiger partial charge in [-0.25, -0.2) is 13.6 Å². The SMILES string of the molecule is CC1=C/C(=N\Nc2ccc(S(N)(=O)=O)cc2[N+](=O)[O-])CC1. The number of sulfonamides is 1. The van der Waals surface area contributed by atoms with E-state index in [-0.39, 0.29) is 10.6 Å². The lowest BCUT2D eigenvalue weighted by Gasteiger charge is -2.05. The van der Waals surface area contributed by atoms with E-state index in [4.69, 9.17) is 5.14 Å². The zero-order chi connectivity index (χ0) is 15.6. The number of rotatable bonds is 4. The molecule has 0 spiro atoms. The maximum absolute atomic E-state index is 11.2. The summed E-state index contributed by atoms with van der Waals surface area (Å²) in [6.45, 7) is 1.98. The first kappa shape index (κ1) is 15.1. The number of hydrogen-bond donors (Lipinski definition) is 2. The van der Waals surface area contributed by atoms with Gasteiger partial charge in [0, 0.05) is 6.07 Å². The van der Waals surface area contributed by atoms with E-state index < -0.39 is 20.6 Å². The fraction of sp³-hybridized carbons (Fsp3) is 0.250. The van der Waals surface area contributed by atoms with E-state index in [1.54, 1.807) is 0 Å². The summed E-state index contributed by atoms with van der Waals surface area (Å²) in [4.78, 5) is 10.0. The fourth-order valence-electron chi connectivity index (χ4n) is 1.91. The quantitative estimate of drug-likeness (QED) is 0.646. The van der Waals surface area contributed by atoms with Gasteiger partial charge in [-0.1, -0.05) is 5.57 Å². The summed E-state index contributed by atoms with van der Waals surface area (Å²) >= 11 is 0. The number of primary sulfonamides is 1. The standard InChI is InChI=1S/C12H14N4O4S/c1-8-2-3-9(6-8)14-15-11-5-4-10(21(13,19)20)7-12(11)16(17)18/h4-7,15H,2-3H2,1H3,(H2,13,19,20)/b14-9-. The van der Waals surface area contributed by atoms with Crippen LogP contribution >= 0.6 is 0 Å². The fourth-order valence-corrected chi connectivity index (χ4v) is 2.44. The molecule has 1 aromatic rings. The Hall–Kier alpha value is -2.26. The van der Waals surface area contributed by atoms with E-state index in [1.165, 1.54) is 17.7 Å². The van der Waals surface area contributed by atoms with Gasteiger partial charge < -0.3 is 0 Å². The predicted octanol–water partition coefficient (Wildman–Crippen LogP) is 1.75. The third kappa shape index (κ3) is 3.64. The Morgan fingerprint density at radius 1 is 1.38 bits per heavy atom. The third-order valence-electron chi connectivity index (χ3n) is 3.00. The predicted molar refractivity (Wildman–Crippen MR) is 78.5 cm³/mol. The van der Waals surface area contributed by atoms with Crippen LogP contribution in [0.3, 0.4) is 0 Å². The zero-order valence-electron chi connectivity index (χ0n) is 11.2. The molecule has 0 fully saturated rings. The number of nitrogens with one attached hydrogen (secondary N) is 1. The van der Waals surface area contributed by atoms with Gasteiger partial charge in [-0.3, -0.25) is 15.5 Å². The van der Waals surface area contributed by atoms with Gasteiger partial charge in [0.1, 0.15) is 5.69 Å². The van der Waals surface area contributed by atoms with E-state index in [2.05, 4.69) is 10.5 Å². The Balaban J connectivity index is 2.34. The molecular formula is C12H14N4O4S. The highest BCUT2D eigenvalue weighted by atomic mass is 32.2. The highest BCUT2D eigenvalue weighted by Gasteiger charge is 2.19. The Morgan fingerprint density at radius 3 is 2.62 bits per heavy atom. The number of nitro groups is 1. The Labute approximate surface area is 121 Å². The van der Waals surface area contributed by atoms with Crippen LogP contribution in [-0.2, 0) is 10.0 Å². The summed E-state index contributed by atoms with van der Waals surface area (Å²) in [6, 6.07) is 3.38. The molecule has 0 heterocycles. The number of benzene rings is 1. The van der Waals surface area contributed by atoms with Crippen LogP contribution in [0.2, 0.25) is 0 Å². The lowest BCUT2D eigenvalue weighted by molar-refractivity contribution is -0.384. The summed E-state index contributed by atoms with van der Waals surface area (Å²) in [5, 5.41) is 20.1. The molecule has 112 valence electrons. The molecule has 0 bridgehead atoms. The Morgan fingerprint density at radius 2 is 2.10 bits per heavy atom. The number of hydrogen-bond acceptors (Lipinski definition) is 6. The van der Waals surface area contributed by atoms with Crippen LogP contribution in [0.4, 0.5) is 11.4 Å². The second kappa shape index (κ2) is 5.62. The van der Waals surface area contributed by atoms with Crippen LogP contribution in [0.5, 0.6) is 0 Å². The average Bonchev–Trinajstić information content (AvgIpc) is 2.80. The van der Waals surface area contributed by atoms with E-state index in [0.29, 0.717) is 0 Å². The van der Waals surface area contributed by atoms with Gasteiger partial charge in [0.25, 0.3) is 5.69 Å². The minimum Gasteiger partial charge on any atom is -0.271 e. The summed E-state index contributed by atoms with van der Waals surface area (Å²) < 4.78 is 22.4. The number of nitrogens with zero attached hydrogens (tertiary/aromatic N) is 2. The first-order valence-electron chi connectivity index (χ1n) is 6.08. The van der Waals surface area contributed by atoms with Crippen LogP contribution < -0.4 is 10.6 Å². The van der Waals surface area contributed by atoms with E-state index in [0.717, 1.165) is 24.6 Å². The molecule has 0 radical (unpaired) electrons. The molecule has 1 aliphatic rings. The summed E-state index contributed by atoms with van der Waals surface area (Å²) in [5.41, 5.74) is 4.29. The molecule has 0 atom stereocenters. The van der Waals surface area contributed by atoms with Gasteiger partial charge in [0.15, 0.2) is 0 Å². The summed E-state index contributed by atoms with van der Waals surface area (Å²) in [5.74, 6) is 0. The molecule has 0 saturated heterocycles. The molecule has 0 aromatic heterocycles. The number of allylic oxidation sites excluding steroid dienone is 2. The van der Waals surface area contributed by atoms with E-state index in [9.17, 15) is 18.5 Å². The molecule has 1 aromatic carbocycles. The zero-order valence-corrected chi connectivity index (χ0v) is 12.1. The number of nitrogens with two attached hydrogens (primary N) is 1. The third-order valence-corrected chi connectivity index (χ3v) is 3.91. The monoisotopic (exact) mass is 310 g/mol. The summed E-state index contributed by atoms with van der Waals surface area (Å²) in [6.07, 6.45) is 3.58. The number of hydrazone groups is 1. The first-order chi connectivity index (χ1) is 9.77. The maximum atomic E-state index is 11.2. The van der Waals surface area contributed by atoms with Crippen LogP contribution in [0.15, 0.2) is 39.8 Å². The largest absolute Gasteiger partial charge is 0.295 e. The van der Waals surface area contributed by atoms with Crippen molar-refractivity contribution < 1.29 is 13.3 Å². The molecule has 9 heteroatoms. The second-order valence-corrected chi connectivity index (χ2v) is 6.25. The molecule has 21 heavy (non-hydrogen) atoms. The van der Waals surface area contributed by atoms with E-state index in [1.807, 2.05) is 13.0 Å². The van der Waals surface area contributed by atoms with Crippen LogP contribution in [0, 0.1) is 10.1 Å². The van der Waals surface area contributed by atoms with Crippen molar-refractivity contribution in [2.45, 2.75) is 24.7 Å². The van der Waals surface area contributed by atoms with Gasteiger partial charge in [-0.05, 0) is 38.0 Å². The van der Waals surface area contributed by atoms with E-state index >= 15 is 0 Å². The molecule has 0 aliphatic heterocycles. The molecule has 1 aliphatic carbocycles. The highest BCUT2D eigenvalue weighted by molar-refractivity contribution is 7.89. The van der Waals surface area contributed by atoms with Crippen LogP contribution in [0.1, 0.15) is 19.8 Å². The highest BCUT2D eigenvalue weighted by Crippen LogP contribution is 2.27. The van der Waals surface area contributed by atoms with Crippen molar-refractivity contribution in [1.82, 2.24) is 0 Å². The van der Waals surface area contributed by atoms with Crippen molar-refractivity contribution in [1.29, 1.82) is 0 Å². The van der Waals surface area contributed by atoms with Gasteiger partial charge in [-0.2, -0.15) is 5.10 Å². The molecular weight excluding hydrogens is 296 g/mol. The topological polar surface area (TPSA) is 128 Å². The molecule has 3 N–H and O–H groups in total. The molecule has 2 rings (SSSR count). The first-order valence-corrected chi connectivity index (χ1v) is 7.63. The Bertz CT molecular complexity index is 753. The van der Waals surface area contributed by atoms with Crippen molar-refractivity contribution in [2.24, 2.45) is 10.2 Å². The Kier molecular flexibility index (Phi) is 4.05. The lowest BCUT2D eigenvalue weighted by Crippen LogP contribution is -2.12. The van der Waals surface area contributed by atoms with Gasteiger partial charge >= 0.3 is 0 Å². The molecule has 8 nitrogen and oxygen atoms in total. The average molecular weight is 310 g/mol. The maximum Gasteiger partial charge on any atom is 0.295 e. The summed E-state index contributed by atoms with van der Waals surface area (Å²) in [7, 11) is -3.99. The number of nitro benzene ring substituents is 1.